The van der Waals surface area contributed by atoms with Gasteiger partial charge in [0.15, 0.2) is 0 Å². The Morgan fingerprint density at radius 1 is 1.47 bits per heavy atom. The second-order valence-corrected chi connectivity index (χ2v) is 4.12. The summed E-state index contributed by atoms with van der Waals surface area (Å²) in [5.74, 6) is 0. The molecule has 0 spiro atoms. The smallest absolute Gasteiger partial charge is 0.0812 e. The summed E-state index contributed by atoms with van der Waals surface area (Å²) in [6, 6.07) is 2.66. The van der Waals surface area contributed by atoms with Crippen molar-refractivity contribution in [3.63, 3.8) is 0 Å². The zero-order chi connectivity index (χ0) is 10.8. The van der Waals surface area contributed by atoms with Crippen LogP contribution in [0.5, 0.6) is 0 Å². The number of nitrogens with two attached hydrogens (primary N) is 1. The van der Waals surface area contributed by atoms with E-state index in [0.717, 1.165) is 31.7 Å². The average Bonchev–Trinajstić information content (AvgIpc) is 2.83. The Labute approximate surface area is 91.1 Å². The summed E-state index contributed by atoms with van der Waals surface area (Å²) in [5, 5.41) is 4.55. The summed E-state index contributed by atoms with van der Waals surface area (Å²) in [4.78, 5) is 2.41. The van der Waals surface area contributed by atoms with Gasteiger partial charge in [-0.25, -0.2) is 0 Å². The number of hydrogen-bond donors (Lipinski definition) is 1. The molecule has 2 unspecified atom stereocenters. The Kier molecular flexibility index (Phi) is 3.07. The first-order chi connectivity index (χ1) is 7.26. The summed E-state index contributed by atoms with van der Waals surface area (Å²) in [6.45, 7) is 7.36. The van der Waals surface area contributed by atoms with E-state index in [1.165, 1.54) is 0 Å². The zero-order valence-electron chi connectivity index (χ0n) is 9.56. The Hall–Kier alpha value is -0.870. The standard InChI is InChI=1S/C11H20N4/c1-3-14-7-5-9(12)11(14)10-6-8-15(4-2)13-10/h6,8-9,11H,3-5,7,12H2,1-2H3. The molecular weight excluding hydrogens is 188 g/mol. The molecule has 1 aromatic rings. The molecule has 1 aromatic heterocycles. The van der Waals surface area contributed by atoms with Gasteiger partial charge in [0.2, 0.25) is 0 Å². The molecule has 2 rings (SSSR count). The van der Waals surface area contributed by atoms with Crippen molar-refractivity contribution in [1.82, 2.24) is 14.7 Å². The Bertz CT molecular complexity index is 320. The molecule has 1 saturated heterocycles. The maximum absolute atomic E-state index is 6.14. The molecule has 2 atom stereocenters. The van der Waals surface area contributed by atoms with E-state index in [1.807, 2.05) is 10.9 Å². The minimum Gasteiger partial charge on any atom is -0.326 e. The zero-order valence-corrected chi connectivity index (χ0v) is 9.56. The van der Waals surface area contributed by atoms with Gasteiger partial charge in [-0.05, 0) is 26.0 Å². The van der Waals surface area contributed by atoms with Crippen molar-refractivity contribution in [3.8, 4) is 0 Å². The van der Waals surface area contributed by atoms with E-state index in [2.05, 4.69) is 29.9 Å². The monoisotopic (exact) mass is 208 g/mol. The van der Waals surface area contributed by atoms with Crippen molar-refractivity contribution in [2.24, 2.45) is 5.73 Å². The molecule has 2 N–H and O–H groups in total. The lowest BCUT2D eigenvalue weighted by molar-refractivity contribution is 0.255. The average molecular weight is 208 g/mol. The molecule has 4 nitrogen and oxygen atoms in total. The fourth-order valence-corrected chi connectivity index (χ4v) is 2.36. The predicted molar refractivity (Wildman–Crippen MR) is 60.5 cm³/mol. The van der Waals surface area contributed by atoms with Crippen LogP contribution in [0.3, 0.4) is 0 Å². The Balaban J connectivity index is 2.20. The lowest BCUT2D eigenvalue weighted by atomic mass is 10.1. The molecule has 15 heavy (non-hydrogen) atoms. The summed E-state index contributed by atoms with van der Waals surface area (Å²) < 4.78 is 1.97. The van der Waals surface area contributed by atoms with Crippen LogP contribution in [0.25, 0.3) is 0 Å². The third-order valence-corrected chi connectivity index (χ3v) is 3.24. The van der Waals surface area contributed by atoms with E-state index in [1.54, 1.807) is 0 Å². The van der Waals surface area contributed by atoms with Gasteiger partial charge in [0.25, 0.3) is 0 Å². The third kappa shape index (κ3) is 1.92. The lowest BCUT2D eigenvalue weighted by Crippen LogP contribution is -2.32. The van der Waals surface area contributed by atoms with Gasteiger partial charge in [-0.2, -0.15) is 5.10 Å². The first kappa shape index (κ1) is 10.6. The molecule has 1 aliphatic heterocycles. The Morgan fingerprint density at radius 3 is 2.87 bits per heavy atom. The molecule has 0 amide bonds. The van der Waals surface area contributed by atoms with Gasteiger partial charge in [-0.3, -0.25) is 9.58 Å². The first-order valence-corrected chi connectivity index (χ1v) is 5.79. The van der Waals surface area contributed by atoms with Crippen LogP contribution in [-0.4, -0.2) is 33.8 Å². The number of aromatic nitrogens is 2. The van der Waals surface area contributed by atoms with Gasteiger partial charge in [-0.1, -0.05) is 6.92 Å². The number of rotatable bonds is 3. The first-order valence-electron chi connectivity index (χ1n) is 5.79. The number of likely N-dealkylation sites (tertiary alicyclic amines) is 1. The van der Waals surface area contributed by atoms with Gasteiger partial charge in [0, 0.05) is 25.3 Å². The van der Waals surface area contributed by atoms with Crippen LogP contribution in [0.15, 0.2) is 12.3 Å². The normalized spacial score (nSPS) is 27.4. The molecule has 1 aliphatic rings. The van der Waals surface area contributed by atoms with Crippen LogP contribution in [0.1, 0.15) is 32.0 Å². The summed E-state index contributed by atoms with van der Waals surface area (Å²) in [6.07, 6.45) is 3.12. The van der Waals surface area contributed by atoms with Crippen LogP contribution in [-0.2, 0) is 6.54 Å². The van der Waals surface area contributed by atoms with Crippen LogP contribution in [0.4, 0.5) is 0 Å². The molecule has 84 valence electrons. The van der Waals surface area contributed by atoms with Gasteiger partial charge in [0.1, 0.15) is 0 Å². The third-order valence-electron chi connectivity index (χ3n) is 3.24. The highest BCUT2D eigenvalue weighted by Crippen LogP contribution is 2.29. The molecule has 0 saturated carbocycles. The summed E-state index contributed by atoms with van der Waals surface area (Å²) in [5.41, 5.74) is 7.27. The van der Waals surface area contributed by atoms with Gasteiger partial charge in [-0.15, -0.1) is 0 Å². The predicted octanol–water partition coefficient (Wildman–Crippen LogP) is 0.997. The molecule has 0 aromatic carbocycles. The minimum absolute atomic E-state index is 0.241. The van der Waals surface area contributed by atoms with E-state index in [9.17, 15) is 0 Å². The van der Waals surface area contributed by atoms with Crippen molar-refractivity contribution in [3.05, 3.63) is 18.0 Å². The van der Waals surface area contributed by atoms with Gasteiger partial charge in [0.05, 0.1) is 11.7 Å². The topological polar surface area (TPSA) is 47.1 Å². The van der Waals surface area contributed by atoms with E-state index in [-0.39, 0.29) is 6.04 Å². The van der Waals surface area contributed by atoms with Crippen molar-refractivity contribution in [2.45, 2.75) is 38.9 Å². The number of hydrogen-bond acceptors (Lipinski definition) is 3. The highest BCUT2D eigenvalue weighted by molar-refractivity contribution is 5.11. The maximum atomic E-state index is 6.14. The van der Waals surface area contributed by atoms with Crippen molar-refractivity contribution >= 4 is 0 Å². The van der Waals surface area contributed by atoms with Crippen LogP contribution in [0.2, 0.25) is 0 Å². The molecule has 1 fully saturated rings. The van der Waals surface area contributed by atoms with E-state index >= 15 is 0 Å². The molecule has 0 bridgehead atoms. The summed E-state index contributed by atoms with van der Waals surface area (Å²) in [7, 11) is 0. The largest absolute Gasteiger partial charge is 0.326 e. The van der Waals surface area contributed by atoms with Crippen molar-refractivity contribution in [2.75, 3.05) is 13.1 Å². The van der Waals surface area contributed by atoms with Crippen LogP contribution < -0.4 is 5.73 Å². The van der Waals surface area contributed by atoms with Crippen molar-refractivity contribution in [1.29, 1.82) is 0 Å². The van der Waals surface area contributed by atoms with E-state index in [4.69, 9.17) is 5.73 Å². The molecule has 4 heteroatoms. The van der Waals surface area contributed by atoms with Gasteiger partial charge < -0.3 is 5.73 Å². The molecule has 0 radical (unpaired) electrons. The molecule has 2 heterocycles. The molecule has 0 aliphatic carbocycles. The highest BCUT2D eigenvalue weighted by Gasteiger charge is 2.33. The second kappa shape index (κ2) is 4.33. The Morgan fingerprint density at radius 2 is 2.27 bits per heavy atom. The number of likely N-dealkylation sites (N-methyl/N-ethyl adjacent to an activating group) is 1. The lowest BCUT2D eigenvalue weighted by Gasteiger charge is -2.23. The second-order valence-electron chi connectivity index (χ2n) is 4.12. The number of nitrogens with zero attached hydrogens (tertiary/aromatic N) is 3. The van der Waals surface area contributed by atoms with Crippen LogP contribution in [0, 0.1) is 0 Å². The van der Waals surface area contributed by atoms with Crippen molar-refractivity contribution < 1.29 is 0 Å². The minimum atomic E-state index is 0.241. The van der Waals surface area contributed by atoms with Gasteiger partial charge >= 0.3 is 0 Å². The number of aryl methyl sites for hydroxylation is 1. The maximum Gasteiger partial charge on any atom is 0.0812 e. The van der Waals surface area contributed by atoms with E-state index < -0.39 is 0 Å². The summed E-state index contributed by atoms with van der Waals surface area (Å²) >= 11 is 0. The fourth-order valence-electron chi connectivity index (χ4n) is 2.36. The highest BCUT2D eigenvalue weighted by atomic mass is 15.3. The molecular formula is C11H20N4. The quantitative estimate of drug-likeness (QED) is 0.806. The van der Waals surface area contributed by atoms with Crippen LogP contribution >= 0.6 is 0 Å². The SMILES string of the molecule is CCN1CCC(N)C1c1ccn(CC)n1. The fraction of sp³-hybridized carbons (Fsp3) is 0.727. The van der Waals surface area contributed by atoms with E-state index in [0.29, 0.717) is 6.04 Å².